The molecule has 2 amide bonds. The number of nitrogens with one attached hydrogen (secondary N) is 1. The van der Waals surface area contributed by atoms with Crippen LogP contribution in [-0.4, -0.2) is 71.4 Å². The summed E-state index contributed by atoms with van der Waals surface area (Å²) in [5, 5.41) is 12.1. The number of nitrogens with zero attached hydrogens (tertiary/aromatic N) is 3. The fraction of sp³-hybridized carbons (Fsp3) is 0.529. The Labute approximate surface area is 146 Å². The number of aromatic nitrogens is 1. The quantitative estimate of drug-likeness (QED) is 0.739. The molecule has 1 aromatic rings. The van der Waals surface area contributed by atoms with Gasteiger partial charge in [0.25, 0.3) is 0 Å². The SMILES string of the molecule is CN(C)CC(=O)N1C[C@H](C(=O)O)C[C@@H](C(=O)NCc2cccnc2)C1. The Morgan fingerprint density at radius 3 is 2.64 bits per heavy atom. The van der Waals surface area contributed by atoms with Crippen LogP contribution in [0.5, 0.6) is 0 Å². The Balaban J connectivity index is 2.00. The summed E-state index contributed by atoms with van der Waals surface area (Å²) < 4.78 is 0. The van der Waals surface area contributed by atoms with E-state index >= 15 is 0 Å². The van der Waals surface area contributed by atoms with E-state index in [1.165, 1.54) is 4.90 Å². The van der Waals surface area contributed by atoms with Gasteiger partial charge in [-0.05, 0) is 32.1 Å². The van der Waals surface area contributed by atoms with Crippen molar-refractivity contribution in [2.45, 2.75) is 13.0 Å². The summed E-state index contributed by atoms with van der Waals surface area (Å²) in [4.78, 5) is 43.3. The minimum Gasteiger partial charge on any atom is -0.481 e. The number of likely N-dealkylation sites (tertiary alicyclic amines) is 1. The van der Waals surface area contributed by atoms with Crippen LogP contribution in [0.15, 0.2) is 24.5 Å². The molecule has 0 aliphatic carbocycles. The van der Waals surface area contributed by atoms with Crippen molar-refractivity contribution in [1.29, 1.82) is 0 Å². The number of piperidine rings is 1. The minimum absolute atomic E-state index is 0.147. The molecule has 2 heterocycles. The van der Waals surface area contributed by atoms with Crippen molar-refractivity contribution in [1.82, 2.24) is 20.1 Å². The Bertz CT molecular complexity index is 620. The molecule has 1 aromatic heterocycles. The van der Waals surface area contributed by atoms with Crippen LogP contribution in [0.4, 0.5) is 0 Å². The van der Waals surface area contributed by atoms with E-state index in [9.17, 15) is 19.5 Å². The Morgan fingerprint density at radius 2 is 2.04 bits per heavy atom. The predicted molar refractivity (Wildman–Crippen MR) is 90.5 cm³/mol. The maximum atomic E-state index is 12.5. The number of aliphatic carboxylic acids is 1. The lowest BCUT2D eigenvalue weighted by molar-refractivity contribution is -0.148. The monoisotopic (exact) mass is 348 g/mol. The molecule has 8 nitrogen and oxygen atoms in total. The molecular formula is C17H24N4O4. The van der Waals surface area contributed by atoms with Crippen LogP contribution in [0, 0.1) is 11.8 Å². The lowest BCUT2D eigenvalue weighted by Crippen LogP contribution is -2.51. The molecule has 136 valence electrons. The van der Waals surface area contributed by atoms with Crippen molar-refractivity contribution < 1.29 is 19.5 Å². The van der Waals surface area contributed by atoms with Gasteiger partial charge in [-0.1, -0.05) is 6.07 Å². The summed E-state index contributed by atoms with van der Waals surface area (Å²) in [5.74, 6) is -2.64. The maximum absolute atomic E-state index is 12.5. The van der Waals surface area contributed by atoms with Crippen molar-refractivity contribution in [2.24, 2.45) is 11.8 Å². The average molecular weight is 348 g/mol. The molecule has 0 spiro atoms. The second kappa shape index (κ2) is 8.57. The number of amides is 2. The molecule has 1 fully saturated rings. The molecule has 25 heavy (non-hydrogen) atoms. The number of hydrogen-bond donors (Lipinski definition) is 2. The summed E-state index contributed by atoms with van der Waals surface area (Å²) in [6.45, 7) is 0.909. The van der Waals surface area contributed by atoms with Crippen molar-refractivity contribution >= 4 is 17.8 Å². The van der Waals surface area contributed by atoms with Gasteiger partial charge in [0.1, 0.15) is 0 Å². The number of pyridine rings is 1. The molecule has 2 N–H and O–H groups in total. The summed E-state index contributed by atoms with van der Waals surface area (Å²) in [6, 6.07) is 3.63. The average Bonchev–Trinajstić information content (AvgIpc) is 2.59. The van der Waals surface area contributed by atoms with Crippen molar-refractivity contribution in [3.63, 3.8) is 0 Å². The van der Waals surface area contributed by atoms with Crippen molar-refractivity contribution in [3.8, 4) is 0 Å². The van der Waals surface area contributed by atoms with Crippen molar-refractivity contribution in [2.75, 3.05) is 33.7 Å². The number of rotatable bonds is 6. The topological polar surface area (TPSA) is 103 Å². The lowest BCUT2D eigenvalue weighted by Gasteiger charge is -2.36. The van der Waals surface area contributed by atoms with E-state index in [1.54, 1.807) is 37.5 Å². The number of carbonyl (C=O) groups is 3. The number of hydrogen-bond acceptors (Lipinski definition) is 5. The Kier molecular flexibility index (Phi) is 6.46. The number of carboxylic acids is 1. The highest BCUT2D eigenvalue weighted by molar-refractivity contribution is 5.84. The second-order valence-electron chi connectivity index (χ2n) is 6.58. The van der Waals surface area contributed by atoms with Gasteiger partial charge in [-0.25, -0.2) is 0 Å². The lowest BCUT2D eigenvalue weighted by atomic mass is 9.88. The van der Waals surface area contributed by atoms with Gasteiger partial charge in [0, 0.05) is 32.0 Å². The van der Waals surface area contributed by atoms with E-state index in [1.807, 2.05) is 6.07 Å². The first-order valence-corrected chi connectivity index (χ1v) is 8.18. The van der Waals surface area contributed by atoms with Gasteiger partial charge in [0.15, 0.2) is 0 Å². The van der Waals surface area contributed by atoms with Crippen molar-refractivity contribution in [3.05, 3.63) is 30.1 Å². The maximum Gasteiger partial charge on any atom is 0.308 e. The molecule has 0 radical (unpaired) electrons. The molecule has 0 bridgehead atoms. The number of carbonyl (C=O) groups excluding carboxylic acids is 2. The number of likely N-dealkylation sites (N-methyl/N-ethyl adjacent to an activating group) is 1. The van der Waals surface area contributed by atoms with E-state index in [-0.39, 0.29) is 37.9 Å². The third kappa shape index (κ3) is 5.53. The number of carboxylic acid groups (broad SMARTS) is 1. The minimum atomic E-state index is -0.979. The molecule has 1 aliphatic rings. The van der Waals surface area contributed by atoms with Crippen LogP contribution in [0.1, 0.15) is 12.0 Å². The largest absolute Gasteiger partial charge is 0.481 e. The van der Waals surface area contributed by atoms with Gasteiger partial charge in [0.05, 0.1) is 18.4 Å². The normalized spacial score (nSPS) is 20.4. The molecule has 1 aliphatic heterocycles. The van der Waals surface area contributed by atoms with Gasteiger partial charge in [-0.15, -0.1) is 0 Å². The van der Waals surface area contributed by atoms with Gasteiger partial charge in [-0.3, -0.25) is 19.4 Å². The highest BCUT2D eigenvalue weighted by Crippen LogP contribution is 2.23. The van der Waals surface area contributed by atoms with Crippen LogP contribution < -0.4 is 5.32 Å². The van der Waals surface area contributed by atoms with E-state index in [4.69, 9.17) is 0 Å². The highest BCUT2D eigenvalue weighted by Gasteiger charge is 2.36. The summed E-state index contributed by atoms with van der Waals surface area (Å²) in [7, 11) is 3.54. The smallest absolute Gasteiger partial charge is 0.308 e. The van der Waals surface area contributed by atoms with Crippen LogP contribution in [0.3, 0.4) is 0 Å². The first-order chi connectivity index (χ1) is 11.9. The van der Waals surface area contributed by atoms with Crippen LogP contribution >= 0.6 is 0 Å². The molecule has 2 rings (SSSR count). The van der Waals surface area contributed by atoms with E-state index in [0.29, 0.717) is 6.54 Å². The van der Waals surface area contributed by atoms with Gasteiger partial charge >= 0.3 is 5.97 Å². The third-order valence-electron chi connectivity index (χ3n) is 4.16. The van der Waals surface area contributed by atoms with E-state index in [0.717, 1.165) is 5.56 Å². The fourth-order valence-electron chi connectivity index (χ4n) is 2.88. The fourth-order valence-corrected chi connectivity index (χ4v) is 2.88. The van der Waals surface area contributed by atoms with E-state index in [2.05, 4.69) is 10.3 Å². The molecule has 0 unspecified atom stereocenters. The standard InChI is InChI=1S/C17H24N4O4/c1-20(2)11-15(22)21-9-13(6-14(10-21)17(24)25)16(23)19-8-12-4-3-5-18-7-12/h3-5,7,13-14H,6,8-11H2,1-2H3,(H,19,23)(H,24,25)/t13-,14-/m1/s1. The predicted octanol–water partition coefficient (Wildman–Crippen LogP) is -0.191. The zero-order chi connectivity index (χ0) is 18.4. The molecular weight excluding hydrogens is 324 g/mol. The third-order valence-corrected chi connectivity index (χ3v) is 4.16. The Morgan fingerprint density at radius 1 is 1.32 bits per heavy atom. The van der Waals surface area contributed by atoms with Gasteiger partial charge in [-0.2, -0.15) is 0 Å². The highest BCUT2D eigenvalue weighted by atomic mass is 16.4. The summed E-state index contributed by atoms with van der Waals surface area (Å²) >= 11 is 0. The molecule has 1 saturated heterocycles. The zero-order valence-electron chi connectivity index (χ0n) is 14.5. The molecule has 2 atom stereocenters. The molecule has 0 aromatic carbocycles. The van der Waals surface area contributed by atoms with E-state index < -0.39 is 17.8 Å². The van der Waals surface area contributed by atoms with Crippen LogP contribution in [-0.2, 0) is 20.9 Å². The van der Waals surface area contributed by atoms with Gasteiger partial charge in [0.2, 0.25) is 11.8 Å². The first kappa shape index (κ1) is 18.9. The Hall–Kier alpha value is -2.48. The first-order valence-electron chi connectivity index (χ1n) is 8.18. The summed E-state index contributed by atoms with van der Waals surface area (Å²) in [5.41, 5.74) is 0.863. The van der Waals surface area contributed by atoms with Gasteiger partial charge < -0.3 is 20.2 Å². The molecule has 8 heteroatoms. The van der Waals surface area contributed by atoms with Crippen LogP contribution in [0.2, 0.25) is 0 Å². The summed E-state index contributed by atoms with van der Waals surface area (Å²) in [6.07, 6.45) is 3.55. The van der Waals surface area contributed by atoms with Crippen LogP contribution in [0.25, 0.3) is 0 Å². The zero-order valence-corrected chi connectivity index (χ0v) is 14.5. The molecule has 0 saturated carbocycles. The second-order valence-corrected chi connectivity index (χ2v) is 6.58.